The maximum Gasteiger partial charge on any atom is 0.154 e. The Bertz CT molecular complexity index is 615. The number of benzene rings is 1. The van der Waals surface area contributed by atoms with E-state index in [0.717, 1.165) is 5.56 Å². The van der Waals surface area contributed by atoms with E-state index < -0.39 is 20.5 Å². The van der Waals surface area contributed by atoms with Crippen molar-refractivity contribution in [2.45, 2.75) is 25.0 Å². The molecule has 0 unspecified atom stereocenters. The maximum atomic E-state index is 12.5. The molecular weight excluding hydrogens is 306 g/mol. The summed E-state index contributed by atoms with van der Waals surface area (Å²) in [7, 11) is -3.25. The third-order valence-corrected chi connectivity index (χ3v) is 6.86. The topological polar surface area (TPSA) is 69.4 Å². The van der Waals surface area contributed by atoms with Crippen molar-refractivity contribution in [3.8, 4) is 0 Å². The Morgan fingerprint density at radius 3 is 2.43 bits per heavy atom. The minimum Gasteiger partial charge on any atom is -0.393 e. The lowest BCUT2D eigenvalue weighted by Crippen LogP contribution is -2.33. The van der Waals surface area contributed by atoms with E-state index >= 15 is 0 Å². The largest absolute Gasteiger partial charge is 0.393 e. The number of thiocarbonyl (C=S) groups is 1. The molecule has 0 spiro atoms. The molecule has 1 aliphatic rings. The van der Waals surface area contributed by atoms with Crippen LogP contribution in [0.5, 0.6) is 0 Å². The first kappa shape index (κ1) is 16.4. The fraction of sp³-hybridized carbons (Fsp3) is 0.533. The lowest BCUT2D eigenvalue weighted by Gasteiger charge is -2.16. The smallest absolute Gasteiger partial charge is 0.154 e. The molecule has 1 aromatic carbocycles. The van der Waals surface area contributed by atoms with Crippen LogP contribution in [0.25, 0.3) is 0 Å². The van der Waals surface area contributed by atoms with Gasteiger partial charge in [-0.2, -0.15) is 0 Å². The lowest BCUT2D eigenvalue weighted by atomic mass is 10.00. The van der Waals surface area contributed by atoms with Crippen LogP contribution < -0.4 is 5.73 Å². The van der Waals surface area contributed by atoms with Gasteiger partial charge in [-0.1, -0.05) is 49.5 Å². The van der Waals surface area contributed by atoms with E-state index in [1.54, 1.807) is 6.92 Å². The van der Waals surface area contributed by atoms with Crippen molar-refractivity contribution in [1.82, 2.24) is 0 Å². The van der Waals surface area contributed by atoms with Crippen LogP contribution in [0.2, 0.25) is 0 Å². The van der Waals surface area contributed by atoms with E-state index in [-0.39, 0.29) is 23.3 Å². The number of hydrogen-bond donors (Lipinski definition) is 1. The quantitative estimate of drug-likeness (QED) is 0.775. The molecule has 0 heterocycles. The van der Waals surface area contributed by atoms with Crippen LogP contribution in [0, 0.1) is 5.41 Å². The van der Waals surface area contributed by atoms with Gasteiger partial charge in [-0.3, -0.25) is 0 Å². The highest BCUT2D eigenvalue weighted by Crippen LogP contribution is 2.63. The van der Waals surface area contributed by atoms with Gasteiger partial charge in [-0.15, -0.1) is 0 Å². The minimum atomic E-state index is -3.25. The molecule has 0 saturated heterocycles. The number of ether oxygens (including phenoxy) is 1. The molecule has 1 saturated carbocycles. The summed E-state index contributed by atoms with van der Waals surface area (Å²) in [5, 5.41) is -0.582. The van der Waals surface area contributed by atoms with E-state index in [1.807, 2.05) is 37.3 Å². The van der Waals surface area contributed by atoms with E-state index in [4.69, 9.17) is 22.7 Å². The molecule has 0 bridgehead atoms. The van der Waals surface area contributed by atoms with Crippen molar-refractivity contribution in [3.05, 3.63) is 35.9 Å². The summed E-state index contributed by atoms with van der Waals surface area (Å²) < 4.78 is 30.4. The standard InChI is InChI=1S/C15H21NO3S2/c1-3-19-10-15(14(16)20)12(11-8-6-5-7-9-11)13(15)21(17,18)4-2/h5-9,12-13H,3-4,10H2,1-2H3,(H2,16,20)/t12-,13+,15-/m0/s1. The van der Waals surface area contributed by atoms with Crippen LogP contribution in [0.1, 0.15) is 25.3 Å². The number of rotatable bonds is 7. The summed E-state index contributed by atoms with van der Waals surface area (Å²) in [6.07, 6.45) is 0. The average molecular weight is 327 g/mol. The molecule has 6 heteroatoms. The summed E-state index contributed by atoms with van der Waals surface area (Å²) >= 11 is 5.21. The predicted octanol–water partition coefficient (Wildman–Crippen LogP) is 1.90. The van der Waals surface area contributed by atoms with E-state index in [9.17, 15) is 8.42 Å². The SMILES string of the molecule is CCOC[C@@]1(C(N)=S)[C@H](S(=O)(=O)CC)[C@@H]1c1ccccc1. The van der Waals surface area contributed by atoms with Gasteiger partial charge in [-0.25, -0.2) is 8.42 Å². The molecule has 0 aromatic heterocycles. The summed E-state index contributed by atoms with van der Waals surface area (Å²) in [4.78, 5) is 0.229. The van der Waals surface area contributed by atoms with Crippen molar-refractivity contribution >= 4 is 27.0 Å². The van der Waals surface area contributed by atoms with E-state index in [2.05, 4.69) is 0 Å². The summed E-state index contributed by atoms with van der Waals surface area (Å²) in [5.74, 6) is -0.134. The van der Waals surface area contributed by atoms with E-state index in [1.165, 1.54) is 0 Å². The van der Waals surface area contributed by atoms with Crippen LogP contribution in [0.15, 0.2) is 30.3 Å². The molecule has 3 atom stereocenters. The number of nitrogens with two attached hydrogens (primary N) is 1. The van der Waals surface area contributed by atoms with Gasteiger partial charge < -0.3 is 10.5 Å². The van der Waals surface area contributed by atoms with Crippen LogP contribution in [0.4, 0.5) is 0 Å². The van der Waals surface area contributed by atoms with Crippen molar-refractivity contribution in [3.63, 3.8) is 0 Å². The third-order valence-electron chi connectivity index (χ3n) is 4.21. The van der Waals surface area contributed by atoms with Gasteiger partial charge in [0.25, 0.3) is 0 Å². The second kappa shape index (κ2) is 6.02. The molecule has 1 aliphatic carbocycles. The fourth-order valence-corrected chi connectivity index (χ4v) is 5.52. The highest BCUT2D eigenvalue weighted by atomic mass is 32.2. The van der Waals surface area contributed by atoms with Crippen LogP contribution in [0.3, 0.4) is 0 Å². The number of sulfone groups is 1. The van der Waals surface area contributed by atoms with Gasteiger partial charge in [0.15, 0.2) is 9.84 Å². The highest BCUT2D eigenvalue weighted by Gasteiger charge is 2.72. The Morgan fingerprint density at radius 1 is 1.33 bits per heavy atom. The third kappa shape index (κ3) is 2.72. The Hall–Kier alpha value is -0.980. The Balaban J connectivity index is 2.47. The molecule has 1 fully saturated rings. The molecule has 0 amide bonds. The van der Waals surface area contributed by atoms with Crippen LogP contribution in [-0.4, -0.2) is 37.6 Å². The monoisotopic (exact) mass is 327 g/mol. The molecule has 1 aromatic rings. The van der Waals surface area contributed by atoms with Gasteiger partial charge >= 0.3 is 0 Å². The zero-order valence-electron chi connectivity index (χ0n) is 12.3. The molecule has 0 radical (unpaired) electrons. The molecule has 21 heavy (non-hydrogen) atoms. The van der Waals surface area contributed by atoms with Crippen molar-refractivity contribution in [1.29, 1.82) is 0 Å². The van der Waals surface area contributed by atoms with Crippen molar-refractivity contribution < 1.29 is 13.2 Å². The van der Waals surface area contributed by atoms with Gasteiger partial charge in [0, 0.05) is 18.3 Å². The zero-order valence-corrected chi connectivity index (χ0v) is 13.9. The molecule has 2 N–H and O–H groups in total. The maximum absolute atomic E-state index is 12.5. The van der Waals surface area contributed by atoms with Crippen molar-refractivity contribution in [2.24, 2.45) is 11.1 Å². The van der Waals surface area contributed by atoms with Gasteiger partial charge in [0.05, 0.1) is 22.3 Å². The first-order chi connectivity index (χ1) is 9.91. The average Bonchev–Trinajstić information content (AvgIpc) is 3.17. The minimum absolute atomic E-state index is 0.0808. The first-order valence-electron chi connectivity index (χ1n) is 7.06. The Morgan fingerprint density at radius 2 is 1.95 bits per heavy atom. The highest BCUT2D eigenvalue weighted by molar-refractivity contribution is 7.92. The summed E-state index contributed by atoms with van der Waals surface area (Å²) in [6.45, 7) is 4.28. The lowest BCUT2D eigenvalue weighted by molar-refractivity contribution is 0.121. The Kier molecular flexibility index (Phi) is 4.70. The van der Waals surface area contributed by atoms with Gasteiger partial charge in [-0.05, 0) is 12.5 Å². The van der Waals surface area contributed by atoms with E-state index in [0.29, 0.717) is 6.61 Å². The van der Waals surface area contributed by atoms with Crippen molar-refractivity contribution in [2.75, 3.05) is 19.0 Å². The van der Waals surface area contributed by atoms with Crippen LogP contribution >= 0.6 is 12.2 Å². The Labute approximate surface area is 131 Å². The van der Waals surface area contributed by atoms with Gasteiger partial charge in [0.2, 0.25) is 0 Å². The predicted molar refractivity (Wildman–Crippen MR) is 88.1 cm³/mol. The van der Waals surface area contributed by atoms with Gasteiger partial charge in [0.1, 0.15) is 0 Å². The first-order valence-corrected chi connectivity index (χ1v) is 9.18. The summed E-state index contributed by atoms with van der Waals surface area (Å²) in [6, 6.07) is 9.55. The zero-order chi connectivity index (χ0) is 15.7. The summed E-state index contributed by atoms with van der Waals surface area (Å²) in [5.41, 5.74) is 6.10. The molecule has 2 rings (SSSR count). The van der Waals surface area contributed by atoms with Crippen LogP contribution in [-0.2, 0) is 14.6 Å². The molecule has 4 nitrogen and oxygen atoms in total. The number of hydrogen-bond acceptors (Lipinski definition) is 4. The molecular formula is C15H21NO3S2. The molecule has 0 aliphatic heterocycles. The second-order valence-corrected chi connectivity index (χ2v) is 8.15. The fourth-order valence-electron chi connectivity index (χ4n) is 3.05. The molecule has 116 valence electrons. The second-order valence-electron chi connectivity index (χ2n) is 5.30. The normalized spacial score (nSPS) is 28.3.